The lowest BCUT2D eigenvalue weighted by molar-refractivity contribution is -0.712. The largest absolute Gasteiger partial charge is 0.726 e. The number of aliphatic hydroxyl groups excluding tert-OH is 2. The highest BCUT2D eigenvalue weighted by molar-refractivity contribution is 7.81. The van der Waals surface area contributed by atoms with E-state index < -0.39 is 33.0 Å². The number of aromatic nitrogens is 2. The summed E-state index contributed by atoms with van der Waals surface area (Å²) in [6.45, 7) is 5.41. The molecule has 22 heteroatoms. The zero-order chi connectivity index (χ0) is 33.5. The molecule has 19 nitrogen and oxygen atoms in total. The van der Waals surface area contributed by atoms with Crippen LogP contribution in [0.5, 0.6) is 5.75 Å². The van der Waals surface area contributed by atoms with Crippen molar-refractivity contribution >= 4 is 65.4 Å². The fourth-order valence-corrected chi connectivity index (χ4v) is 3.68. The standard InChI is InChI=1S/C19H29N7O4S.2CH4O4S/c1-11(27)9-26(10-12(2)28)19-24-25(5)18(31-19)23-22-15-8-17(30-6)16(20-4)7-14(15)21-13(3)29;2*1-5-6(2,3)4/h7-8,11-12,27-28H,9-10H2,1-6H3,(H,20,21,29);2*1H3,(H,2,3,4)/p-1. The van der Waals surface area contributed by atoms with Crippen LogP contribution in [-0.4, -0.2) is 101 Å². The zero-order valence-electron chi connectivity index (χ0n) is 24.7. The number of azo groups is 1. The average Bonchev–Trinajstić information content (AvgIpc) is 3.26. The van der Waals surface area contributed by atoms with Crippen molar-refractivity contribution in [2.45, 2.75) is 33.0 Å². The van der Waals surface area contributed by atoms with Crippen molar-refractivity contribution in [1.29, 1.82) is 0 Å². The summed E-state index contributed by atoms with van der Waals surface area (Å²) in [6.07, 6.45) is -1.17. The third-order valence-corrected chi connectivity index (χ3v) is 6.35. The van der Waals surface area contributed by atoms with Gasteiger partial charge in [-0.05, 0) is 36.4 Å². The third-order valence-electron chi connectivity index (χ3n) is 4.48. The van der Waals surface area contributed by atoms with E-state index in [2.05, 4.69) is 34.3 Å². The van der Waals surface area contributed by atoms with Crippen molar-refractivity contribution in [1.82, 2.24) is 5.10 Å². The van der Waals surface area contributed by atoms with Crippen molar-refractivity contribution < 1.29 is 58.7 Å². The molecule has 0 aliphatic rings. The van der Waals surface area contributed by atoms with E-state index in [1.54, 1.807) is 56.8 Å². The van der Waals surface area contributed by atoms with Crippen molar-refractivity contribution in [3.63, 3.8) is 0 Å². The molecule has 1 aromatic heterocycles. The number of benzene rings is 1. The molecule has 246 valence electrons. The number of nitrogens with one attached hydrogen (secondary N) is 2. The zero-order valence-corrected chi connectivity index (χ0v) is 27.1. The maximum atomic E-state index is 11.6. The summed E-state index contributed by atoms with van der Waals surface area (Å²) >= 11 is 1.27. The van der Waals surface area contributed by atoms with Crippen LogP contribution < -0.4 is 25.0 Å². The third kappa shape index (κ3) is 17.0. The Balaban J connectivity index is 0.00000123. The summed E-state index contributed by atoms with van der Waals surface area (Å²) in [7, 11) is -2.18. The van der Waals surface area contributed by atoms with Crippen LogP contribution in [0, 0.1) is 0 Å². The van der Waals surface area contributed by atoms with Gasteiger partial charge >= 0.3 is 5.13 Å². The van der Waals surface area contributed by atoms with Crippen LogP contribution in [0.3, 0.4) is 0 Å². The highest BCUT2D eigenvalue weighted by Crippen LogP contribution is 2.37. The van der Waals surface area contributed by atoms with Crippen LogP contribution in [0.15, 0.2) is 22.4 Å². The Kier molecular flexibility index (Phi) is 17.2. The molecule has 1 heterocycles. The van der Waals surface area contributed by atoms with Crippen LogP contribution in [0.1, 0.15) is 20.8 Å². The summed E-state index contributed by atoms with van der Waals surface area (Å²) in [6, 6.07) is 3.40. The molecular weight excluding hydrogens is 638 g/mol. The number of aliphatic hydroxyl groups is 2. The lowest BCUT2D eigenvalue weighted by atomic mass is 10.2. The molecule has 0 fully saturated rings. The van der Waals surface area contributed by atoms with Gasteiger partial charge in [0, 0.05) is 33.1 Å². The average molecular weight is 675 g/mol. The second-order valence-corrected chi connectivity index (χ2v) is 11.5. The predicted molar refractivity (Wildman–Crippen MR) is 153 cm³/mol. The van der Waals surface area contributed by atoms with Gasteiger partial charge in [0.2, 0.25) is 31.8 Å². The second kappa shape index (κ2) is 18.5. The SMILES string of the molecule is CNc1cc(NC(C)=O)c(N=Nc2sc(N(CC(C)O)CC(C)O)n[n+]2C)cc1OC.COS(=O)(=O)[O-].COS(=O)(=O)[O-]. The van der Waals surface area contributed by atoms with Gasteiger partial charge in [-0.15, -0.1) is 4.68 Å². The molecule has 0 radical (unpaired) electrons. The maximum absolute atomic E-state index is 11.6. The molecule has 0 bridgehead atoms. The summed E-state index contributed by atoms with van der Waals surface area (Å²) in [4.78, 5) is 13.4. The van der Waals surface area contributed by atoms with Crippen LogP contribution in [0.2, 0.25) is 0 Å². The molecule has 0 spiro atoms. The first-order chi connectivity index (χ1) is 19.8. The minimum absolute atomic E-state index is 0.235. The number of amides is 1. The molecule has 0 aliphatic carbocycles. The lowest BCUT2D eigenvalue weighted by Gasteiger charge is -2.23. The normalized spacial score (nSPS) is 12.7. The van der Waals surface area contributed by atoms with E-state index in [-0.39, 0.29) is 5.91 Å². The van der Waals surface area contributed by atoms with E-state index in [9.17, 15) is 40.9 Å². The Morgan fingerprint density at radius 2 is 1.53 bits per heavy atom. The molecule has 0 saturated heterocycles. The van der Waals surface area contributed by atoms with Gasteiger partial charge in [-0.1, -0.05) is 5.10 Å². The van der Waals surface area contributed by atoms with Gasteiger partial charge in [-0.25, -0.2) is 16.8 Å². The van der Waals surface area contributed by atoms with E-state index in [0.29, 0.717) is 46.2 Å². The van der Waals surface area contributed by atoms with E-state index in [0.717, 1.165) is 14.2 Å². The Morgan fingerprint density at radius 3 is 1.91 bits per heavy atom. The highest BCUT2D eigenvalue weighted by Gasteiger charge is 2.23. The van der Waals surface area contributed by atoms with Gasteiger partial charge < -0.3 is 39.6 Å². The van der Waals surface area contributed by atoms with E-state index >= 15 is 0 Å². The first kappa shape index (κ1) is 39.9. The number of carbonyl (C=O) groups is 1. The van der Waals surface area contributed by atoms with Crippen molar-refractivity contribution in [2.75, 3.05) is 57.0 Å². The molecule has 0 saturated carbocycles. The van der Waals surface area contributed by atoms with E-state index in [1.165, 1.54) is 18.3 Å². The Morgan fingerprint density at radius 1 is 1.05 bits per heavy atom. The quantitative estimate of drug-likeness (QED) is 0.101. The fraction of sp³-hybridized carbons (Fsp3) is 0.571. The highest BCUT2D eigenvalue weighted by atomic mass is 32.3. The summed E-state index contributed by atoms with van der Waals surface area (Å²) in [5, 5.41) is 39.5. The lowest BCUT2D eigenvalue weighted by Crippen LogP contribution is -2.38. The number of ether oxygens (including phenoxy) is 1. The van der Waals surface area contributed by atoms with Crippen LogP contribution in [0.25, 0.3) is 0 Å². The number of hydrogen-bond donors (Lipinski definition) is 4. The van der Waals surface area contributed by atoms with Gasteiger partial charge in [0.1, 0.15) is 18.5 Å². The molecule has 1 amide bonds. The minimum atomic E-state index is -4.41. The Bertz CT molecular complexity index is 1370. The summed E-state index contributed by atoms with van der Waals surface area (Å²) in [5.41, 5.74) is 1.60. The van der Waals surface area contributed by atoms with Gasteiger partial charge in [0.15, 0.2) is 0 Å². The number of aryl methyl sites for hydroxylation is 1. The van der Waals surface area contributed by atoms with E-state index in [4.69, 9.17) is 4.74 Å². The van der Waals surface area contributed by atoms with Gasteiger partial charge in [-0.3, -0.25) is 13.2 Å². The van der Waals surface area contributed by atoms with Crippen molar-refractivity contribution in [3.8, 4) is 5.75 Å². The number of rotatable bonds is 12. The number of anilines is 3. The van der Waals surface area contributed by atoms with Crippen molar-refractivity contribution in [2.24, 2.45) is 17.3 Å². The second-order valence-electron chi connectivity index (χ2n) is 8.24. The molecule has 0 aliphatic heterocycles. The van der Waals surface area contributed by atoms with E-state index in [1.807, 2.05) is 0 Å². The molecule has 4 N–H and O–H groups in total. The van der Waals surface area contributed by atoms with Crippen LogP contribution >= 0.6 is 11.3 Å². The molecule has 2 aromatic rings. The van der Waals surface area contributed by atoms with Gasteiger partial charge in [0.05, 0.1) is 50.0 Å². The summed E-state index contributed by atoms with van der Waals surface area (Å²) < 4.78 is 69.0. The summed E-state index contributed by atoms with van der Waals surface area (Å²) in [5.74, 6) is 0.321. The molecule has 2 rings (SSSR count). The van der Waals surface area contributed by atoms with Gasteiger partial charge in [-0.2, -0.15) is 0 Å². The van der Waals surface area contributed by atoms with Crippen LogP contribution in [0.4, 0.5) is 27.3 Å². The smallest absolute Gasteiger partial charge is 0.431 e. The van der Waals surface area contributed by atoms with Crippen LogP contribution in [-0.2, 0) is 41.0 Å². The molecule has 2 atom stereocenters. The number of carbonyl (C=O) groups excluding carboxylic acids is 1. The monoisotopic (exact) mass is 674 g/mol. The minimum Gasteiger partial charge on any atom is -0.726 e. The molecule has 1 aromatic carbocycles. The van der Waals surface area contributed by atoms with Gasteiger partial charge in [0.25, 0.3) is 0 Å². The Hall–Kier alpha value is -3.09. The first-order valence-electron chi connectivity index (χ1n) is 11.9. The maximum Gasteiger partial charge on any atom is 0.431 e. The Labute approximate surface area is 254 Å². The number of methoxy groups -OCH3 is 1. The first-order valence-corrected chi connectivity index (χ1v) is 15.3. The van der Waals surface area contributed by atoms with Crippen molar-refractivity contribution in [3.05, 3.63) is 12.1 Å². The molecule has 2 unspecified atom stereocenters. The number of hydrogen-bond acceptors (Lipinski definition) is 18. The molecule has 43 heavy (non-hydrogen) atoms. The molecular formula is C21H36N7O12S3-. The topological polar surface area (TPSA) is 268 Å². The fourth-order valence-electron chi connectivity index (χ4n) is 2.82. The predicted octanol–water partition coefficient (Wildman–Crippen LogP) is 0.146. The number of nitrogens with zero attached hydrogens (tertiary/aromatic N) is 5.